The van der Waals surface area contributed by atoms with E-state index in [4.69, 9.17) is 32.9 Å². The predicted molar refractivity (Wildman–Crippen MR) is 125 cm³/mol. The largest absolute Gasteiger partial charge is 0.457 e. The van der Waals surface area contributed by atoms with Crippen LogP contribution in [0.4, 0.5) is 5.69 Å². The van der Waals surface area contributed by atoms with Gasteiger partial charge in [-0.3, -0.25) is 14.7 Å². The van der Waals surface area contributed by atoms with Crippen LogP contribution in [-0.2, 0) is 9.53 Å². The molecule has 4 rings (SSSR count). The van der Waals surface area contributed by atoms with E-state index in [9.17, 15) is 4.79 Å². The minimum absolute atomic E-state index is 0.220. The minimum atomic E-state index is -0.385. The average molecular weight is 462 g/mol. The molecule has 0 radical (unpaired) electrons. The molecule has 0 saturated carbocycles. The standard InChI is InChI=1S/C24H29Cl2N3O2/c1-4-6-22(29-14-24(3,15-29)31-16(2)30)21-10-9-18(11-27-21)28-12-17(13-28)23-19(25)7-5-8-20(23)26/h5,7-11,17,22H,4,6,12-15H2,1-3H3. The maximum Gasteiger partial charge on any atom is 0.303 e. The summed E-state index contributed by atoms with van der Waals surface area (Å²) < 4.78 is 5.48. The molecular formula is C24H29Cl2N3O2. The van der Waals surface area contributed by atoms with Crippen molar-refractivity contribution in [2.75, 3.05) is 31.1 Å². The lowest BCUT2D eigenvalue weighted by atomic mass is 9.90. The van der Waals surface area contributed by atoms with Gasteiger partial charge in [-0.25, -0.2) is 0 Å². The number of rotatable bonds is 7. The Labute approximate surface area is 194 Å². The highest BCUT2D eigenvalue weighted by molar-refractivity contribution is 6.36. The number of nitrogens with zero attached hydrogens (tertiary/aromatic N) is 3. The molecule has 1 aromatic carbocycles. The van der Waals surface area contributed by atoms with E-state index in [2.05, 4.69) is 28.9 Å². The van der Waals surface area contributed by atoms with Crippen LogP contribution in [0.3, 0.4) is 0 Å². The molecule has 2 aliphatic rings. The Balaban J connectivity index is 1.39. The second-order valence-corrected chi connectivity index (χ2v) is 9.75. The summed E-state index contributed by atoms with van der Waals surface area (Å²) in [4.78, 5) is 20.8. The molecule has 3 heterocycles. The molecule has 0 spiro atoms. The Kier molecular flexibility index (Phi) is 6.47. The predicted octanol–water partition coefficient (Wildman–Crippen LogP) is 5.47. The number of carbonyl (C=O) groups excluding carboxylic acids is 1. The lowest BCUT2D eigenvalue weighted by molar-refractivity contribution is -0.178. The van der Waals surface area contributed by atoms with Gasteiger partial charge < -0.3 is 9.64 Å². The minimum Gasteiger partial charge on any atom is -0.457 e. The topological polar surface area (TPSA) is 45.7 Å². The number of ether oxygens (including phenoxy) is 1. The summed E-state index contributed by atoms with van der Waals surface area (Å²) in [6.07, 6.45) is 4.06. The first kappa shape index (κ1) is 22.4. The lowest BCUT2D eigenvalue weighted by Gasteiger charge is -2.50. The molecule has 0 bridgehead atoms. The molecular weight excluding hydrogens is 433 g/mol. The normalized spacial score (nSPS) is 19.5. The summed E-state index contributed by atoms with van der Waals surface area (Å²) in [6.45, 7) is 8.91. The number of esters is 1. The van der Waals surface area contributed by atoms with Gasteiger partial charge in [0.15, 0.2) is 0 Å². The SMILES string of the molecule is CCCC(c1ccc(N2CC(c3c(Cl)cccc3Cl)C2)cn1)N1CC(C)(OC(C)=O)C1. The Bertz CT molecular complexity index is 918. The van der Waals surface area contributed by atoms with Gasteiger partial charge in [-0.1, -0.05) is 42.6 Å². The Hall–Kier alpha value is -1.82. The number of likely N-dealkylation sites (tertiary alicyclic amines) is 1. The van der Waals surface area contributed by atoms with Crippen LogP contribution in [-0.4, -0.2) is 47.6 Å². The van der Waals surface area contributed by atoms with Crippen molar-refractivity contribution in [2.45, 2.75) is 51.2 Å². The van der Waals surface area contributed by atoms with Gasteiger partial charge >= 0.3 is 5.97 Å². The highest BCUT2D eigenvalue weighted by atomic mass is 35.5. The van der Waals surface area contributed by atoms with E-state index in [1.807, 2.05) is 31.3 Å². The number of benzene rings is 1. The van der Waals surface area contributed by atoms with Crippen molar-refractivity contribution in [2.24, 2.45) is 0 Å². The molecule has 1 unspecified atom stereocenters. The van der Waals surface area contributed by atoms with Gasteiger partial charge in [0.05, 0.1) is 23.6 Å². The fourth-order valence-electron chi connectivity index (χ4n) is 4.79. The fourth-order valence-corrected chi connectivity index (χ4v) is 5.50. The zero-order chi connectivity index (χ0) is 22.2. The summed E-state index contributed by atoms with van der Waals surface area (Å²) in [5.74, 6) is 0.122. The number of halogens is 2. The Morgan fingerprint density at radius 3 is 2.45 bits per heavy atom. The van der Waals surface area contributed by atoms with Crippen LogP contribution in [0.5, 0.6) is 0 Å². The summed E-state index contributed by atoms with van der Waals surface area (Å²) >= 11 is 12.7. The quantitative estimate of drug-likeness (QED) is 0.511. The molecule has 1 aromatic heterocycles. The van der Waals surface area contributed by atoms with Crippen molar-refractivity contribution in [1.82, 2.24) is 9.88 Å². The number of pyridine rings is 1. The van der Waals surface area contributed by atoms with E-state index in [0.717, 1.165) is 66.0 Å². The first-order valence-electron chi connectivity index (χ1n) is 10.9. The second-order valence-electron chi connectivity index (χ2n) is 8.93. The molecule has 2 aromatic rings. The maximum atomic E-state index is 11.3. The molecule has 0 amide bonds. The third-order valence-corrected chi connectivity index (χ3v) is 6.89. The van der Waals surface area contributed by atoms with Crippen LogP contribution >= 0.6 is 23.2 Å². The Morgan fingerprint density at radius 2 is 1.90 bits per heavy atom. The van der Waals surface area contributed by atoms with Crippen molar-refractivity contribution >= 4 is 34.9 Å². The highest BCUT2D eigenvalue weighted by Crippen LogP contribution is 2.39. The third kappa shape index (κ3) is 4.69. The molecule has 31 heavy (non-hydrogen) atoms. The van der Waals surface area contributed by atoms with Gasteiger partial charge in [0.2, 0.25) is 0 Å². The van der Waals surface area contributed by atoms with E-state index >= 15 is 0 Å². The first-order chi connectivity index (χ1) is 14.8. The van der Waals surface area contributed by atoms with E-state index in [1.165, 1.54) is 6.92 Å². The molecule has 7 heteroatoms. The molecule has 166 valence electrons. The average Bonchev–Trinajstić information content (AvgIpc) is 2.65. The summed E-state index contributed by atoms with van der Waals surface area (Å²) in [5.41, 5.74) is 2.85. The first-order valence-corrected chi connectivity index (χ1v) is 11.6. The van der Waals surface area contributed by atoms with Crippen molar-refractivity contribution in [3.05, 3.63) is 57.8 Å². The summed E-state index contributed by atoms with van der Waals surface area (Å²) in [5, 5.41) is 1.48. The summed E-state index contributed by atoms with van der Waals surface area (Å²) in [6, 6.07) is 10.2. The van der Waals surface area contributed by atoms with Crippen LogP contribution in [0.1, 0.15) is 56.8 Å². The van der Waals surface area contributed by atoms with Crippen molar-refractivity contribution < 1.29 is 9.53 Å². The van der Waals surface area contributed by atoms with Crippen LogP contribution in [0.25, 0.3) is 0 Å². The zero-order valence-electron chi connectivity index (χ0n) is 18.3. The van der Waals surface area contributed by atoms with Crippen LogP contribution in [0.15, 0.2) is 36.5 Å². The number of hydrogen-bond donors (Lipinski definition) is 0. The molecule has 2 fully saturated rings. The molecule has 5 nitrogen and oxygen atoms in total. The van der Waals surface area contributed by atoms with Gasteiger partial charge in [0, 0.05) is 49.1 Å². The maximum absolute atomic E-state index is 11.3. The summed E-state index contributed by atoms with van der Waals surface area (Å²) in [7, 11) is 0. The number of carbonyl (C=O) groups is 1. The van der Waals surface area contributed by atoms with Crippen molar-refractivity contribution in [3.8, 4) is 0 Å². The van der Waals surface area contributed by atoms with E-state index in [1.54, 1.807) is 0 Å². The van der Waals surface area contributed by atoms with Gasteiger partial charge in [-0.2, -0.15) is 0 Å². The number of aromatic nitrogens is 1. The van der Waals surface area contributed by atoms with Crippen LogP contribution in [0.2, 0.25) is 10.0 Å². The Morgan fingerprint density at radius 1 is 1.23 bits per heavy atom. The van der Waals surface area contributed by atoms with Gasteiger partial charge in [-0.05, 0) is 43.2 Å². The lowest BCUT2D eigenvalue weighted by Crippen LogP contribution is -2.62. The van der Waals surface area contributed by atoms with Crippen molar-refractivity contribution in [1.29, 1.82) is 0 Å². The monoisotopic (exact) mass is 461 g/mol. The van der Waals surface area contributed by atoms with Gasteiger partial charge in [0.1, 0.15) is 5.60 Å². The molecule has 2 saturated heterocycles. The van der Waals surface area contributed by atoms with Crippen LogP contribution in [0, 0.1) is 0 Å². The molecule has 1 atom stereocenters. The number of anilines is 1. The third-order valence-electron chi connectivity index (χ3n) is 6.23. The molecule has 0 aliphatic carbocycles. The smallest absolute Gasteiger partial charge is 0.303 e. The highest BCUT2D eigenvalue weighted by Gasteiger charge is 2.45. The molecule has 2 aliphatic heterocycles. The van der Waals surface area contributed by atoms with Crippen molar-refractivity contribution in [3.63, 3.8) is 0 Å². The van der Waals surface area contributed by atoms with E-state index < -0.39 is 0 Å². The fraction of sp³-hybridized carbons (Fsp3) is 0.500. The second kappa shape index (κ2) is 8.97. The van der Waals surface area contributed by atoms with E-state index in [-0.39, 0.29) is 17.6 Å². The number of hydrogen-bond acceptors (Lipinski definition) is 5. The zero-order valence-corrected chi connectivity index (χ0v) is 19.8. The van der Waals surface area contributed by atoms with Gasteiger partial charge in [-0.15, -0.1) is 0 Å². The van der Waals surface area contributed by atoms with Crippen LogP contribution < -0.4 is 4.90 Å². The van der Waals surface area contributed by atoms with E-state index in [0.29, 0.717) is 5.92 Å². The molecule has 0 N–H and O–H groups in total. The van der Waals surface area contributed by atoms with Gasteiger partial charge in [0.25, 0.3) is 0 Å².